The van der Waals surface area contributed by atoms with E-state index >= 15 is 0 Å². The van der Waals surface area contributed by atoms with E-state index in [4.69, 9.17) is 16.3 Å². The molecule has 0 aliphatic carbocycles. The van der Waals surface area contributed by atoms with Crippen molar-refractivity contribution in [1.82, 2.24) is 4.98 Å². The molecule has 1 amide bonds. The van der Waals surface area contributed by atoms with E-state index in [1.807, 2.05) is 35.7 Å². The summed E-state index contributed by atoms with van der Waals surface area (Å²) in [6, 6.07) is 14.1. The number of benzene rings is 2. The van der Waals surface area contributed by atoms with E-state index in [9.17, 15) is 4.79 Å². The number of alkyl halides is 1. The summed E-state index contributed by atoms with van der Waals surface area (Å²) in [4.78, 5) is 16.1. The standard InChI is InChI=1S/C18H17ClN2O2S/c19-11-15-12-24-18(20-15)21-17(22)6-3-9-23-16-8-7-13-4-1-2-5-14(13)10-16/h1-2,4-5,7-8,10,12H,3,6,9,11H2,(H,20,21,22). The van der Waals surface area contributed by atoms with E-state index in [-0.39, 0.29) is 5.91 Å². The summed E-state index contributed by atoms with van der Waals surface area (Å²) in [5.74, 6) is 1.11. The Morgan fingerprint density at radius 2 is 2.04 bits per heavy atom. The Labute approximate surface area is 149 Å². The minimum Gasteiger partial charge on any atom is -0.494 e. The average Bonchev–Trinajstić information content (AvgIpc) is 3.06. The van der Waals surface area contributed by atoms with Gasteiger partial charge in [-0.2, -0.15) is 0 Å². The van der Waals surface area contributed by atoms with Crippen molar-refractivity contribution in [3.05, 3.63) is 53.5 Å². The first-order valence-corrected chi connectivity index (χ1v) is 9.08. The lowest BCUT2D eigenvalue weighted by molar-refractivity contribution is -0.116. The molecule has 0 saturated heterocycles. The Kier molecular flexibility index (Phi) is 5.67. The zero-order valence-electron chi connectivity index (χ0n) is 13.0. The predicted molar refractivity (Wildman–Crippen MR) is 99.0 cm³/mol. The molecule has 24 heavy (non-hydrogen) atoms. The summed E-state index contributed by atoms with van der Waals surface area (Å²) in [7, 11) is 0. The first-order valence-electron chi connectivity index (χ1n) is 7.66. The molecule has 0 bridgehead atoms. The number of amides is 1. The molecule has 3 aromatic rings. The van der Waals surface area contributed by atoms with Gasteiger partial charge in [0.05, 0.1) is 18.2 Å². The topological polar surface area (TPSA) is 51.2 Å². The molecule has 0 aliphatic heterocycles. The van der Waals surface area contributed by atoms with Crippen LogP contribution >= 0.6 is 22.9 Å². The van der Waals surface area contributed by atoms with Gasteiger partial charge >= 0.3 is 0 Å². The normalized spacial score (nSPS) is 10.7. The van der Waals surface area contributed by atoms with Crippen molar-refractivity contribution >= 4 is 44.7 Å². The molecule has 0 fully saturated rings. The predicted octanol–water partition coefficient (Wildman–Crippen LogP) is 4.83. The number of halogens is 1. The maximum atomic E-state index is 11.9. The molecule has 1 aromatic heterocycles. The van der Waals surface area contributed by atoms with Crippen LogP contribution in [0.2, 0.25) is 0 Å². The summed E-state index contributed by atoms with van der Waals surface area (Å²) >= 11 is 7.07. The number of carbonyl (C=O) groups excluding carboxylic acids is 1. The van der Waals surface area contributed by atoms with Gasteiger partial charge in [-0.1, -0.05) is 30.3 Å². The summed E-state index contributed by atoms with van der Waals surface area (Å²) in [5, 5.41) is 7.53. The molecule has 2 aromatic carbocycles. The van der Waals surface area contributed by atoms with Crippen LogP contribution in [0.25, 0.3) is 10.8 Å². The van der Waals surface area contributed by atoms with Gasteiger partial charge in [-0.25, -0.2) is 4.98 Å². The zero-order chi connectivity index (χ0) is 16.8. The van der Waals surface area contributed by atoms with Crippen molar-refractivity contribution < 1.29 is 9.53 Å². The molecule has 3 rings (SSSR count). The molecule has 0 saturated carbocycles. The molecule has 1 heterocycles. The number of nitrogens with zero attached hydrogens (tertiary/aromatic N) is 1. The highest BCUT2D eigenvalue weighted by molar-refractivity contribution is 7.13. The largest absolute Gasteiger partial charge is 0.494 e. The number of carbonyl (C=O) groups is 1. The third-order valence-corrected chi connectivity index (χ3v) is 4.55. The van der Waals surface area contributed by atoms with Gasteiger partial charge in [0.1, 0.15) is 5.75 Å². The van der Waals surface area contributed by atoms with Crippen LogP contribution in [0.15, 0.2) is 47.8 Å². The van der Waals surface area contributed by atoms with Crippen LogP contribution < -0.4 is 10.1 Å². The number of hydrogen-bond acceptors (Lipinski definition) is 4. The summed E-state index contributed by atoms with van der Waals surface area (Å²) in [5.41, 5.74) is 0.775. The second-order valence-electron chi connectivity index (χ2n) is 5.29. The van der Waals surface area contributed by atoms with Gasteiger partial charge in [0.25, 0.3) is 0 Å². The van der Waals surface area contributed by atoms with E-state index in [0.29, 0.717) is 30.5 Å². The van der Waals surface area contributed by atoms with Crippen LogP contribution in [-0.2, 0) is 10.7 Å². The molecule has 1 N–H and O–H groups in total. The minimum absolute atomic E-state index is 0.0624. The molecule has 0 atom stereocenters. The number of ether oxygens (including phenoxy) is 1. The Morgan fingerprint density at radius 3 is 2.83 bits per heavy atom. The summed E-state index contributed by atoms with van der Waals surface area (Å²) in [6.07, 6.45) is 1.04. The molecule has 0 radical (unpaired) electrons. The molecule has 4 nitrogen and oxygen atoms in total. The lowest BCUT2D eigenvalue weighted by Crippen LogP contribution is -2.12. The average molecular weight is 361 g/mol. The summed E-state index contributed by atoms with van der Waals surface area (Å²) < 4.78 is 5.73. The van der Waals surface area contributed by atoms with Crippen LogP contribution in [0, 0.1) is 0 Å². The minimum atomic E-state index is -0.0624. The highest BCUT2D eigenvalue weighted by atomic mass is 35.5. The fourth-order valence-electron chi connectivity index (χ4n) is 2.29. The van der Waals surface area contributed by atoms with Crippen molar-refractivity contribution in [2.75, 3.05) is 11.9 Å². The van der Waals surface area contributed by atoms with Gasteiger partial charge in [-0.3, -0.25) is 4.79 Å². The van der Waals surface area contributed by atoms with E-state index in [1.54, 1.807) is 0 Å². The van der Waals surface area contributed by atoms with Crippen molar-refractivity contribution in [1.29, 1.82) is 0 Å². The number of nitrogens with one attached hydrogen (secondary N) is 1. The third kappa shape index (κ3) is 4.46. The van der Waals surface area contributed by atoms with Crippen LogP contribution in [0.1, 0.15) is 18.5 Å². The Morgan fingerprint density at radius 1 is 1.21 bits per heavy atom. The second kappa shape index (κ2) is 8.13. The molecule has 0 aliphatic rings. The zero-order valence-corrected chi connectivity index (χ0v) is 14.6. The maximum Gasteiger partial charge on any atom is 0.226 e. The van der Waals surface area contributed by atoms with Gasteiger partial charge < -0.3 is 10.1 Å². The smallest absolute Gasteiger partial charge is 0.226 e. The highest BCUT2D eigenvalue weighted by Crippen LogP contribution is 2.21. The number of thiazole rings is 1. The van der Waals surface area contributed by atoms with Crippen LogP contribution in [0.3, 0.4) is 0 Å². The fourth-order valence-corrected chi connectivity index (χ4v) is 3.24. The van der Waals surface area contributed by atoms with Crippen LogP contribution in [0.5, 0.6) is 5.75 Å². The van der Waals surface area contributed by atoms with Crippen LogP contribution in [0.4, 0.5) is 5.13 Å². The van der Waals surface area contributed by atoms with Crippen molar-refractivity contribution in [3.8, 4) is 5.75 Å². The number of rotatable bonds is 7. The van der Waals surface area contributed by atoms with Crippen molar-refractivity contribution in [2.24, 2.45) is 0 Å². The first kappa shape index (κ1) is 16.7. The molecule has 6 heteroatoms. The van der Waals surface area contributed by atoms with E-state index in [0.717, 1.165) is 16.8 Å². The number of fused-ring (bicyclic) bond motifs is 1. The van der Waals surface area contributed by atoms with E-state index in [1.165, 1.54) is 16.7 Å². The fraction of sp³-hybridized carbons (Fsp3) is 0.222. The van der Waals surface area contributed by atoms with Crippen molar-refractivity contribution in [3.63, 3.8) is 0 Å². The molecule has 0 unspecified atom stereocenters. The molecular formula is C18H17ClN2O2S. The number of anilines is 1. The highest BCUT2D eigenvalue weighted by Gasteiger charge is 2.06. The number of hydrogen-bond donors (Lipinski definition) is 1. The van der Waals surface area contributed by atoms with E-state index < -0.39 is 0 Å². The number of aromatic nitrogens is 1. The Bertz CT molecular complexity index is 835. The van der Waals surface area contributed by atoms with Crippen molar-refractivity contribution in [2.45, 2.75) is 18.7 Å². The molecule has 124 valence electrons. The summed E-state index contributed by atoms with van der Waals surface area (Å²) in [6.45, 7) is 0.497. The SMILES string of the molecule is O=C(CCCOc1ccc2ccccc2c1)Nc1nc(CCl)cs1. The first-order chi connectivity index (χ1) is 11.7. The quantitative estimate of drug-likeness (QED) is 0.485. The van der Waals surface area contributed by atoms with Gasteiger partial charge in [-0.05, 0) is 29.3 Å². The Hall–Kier alpha value is -2.11. The lowest BCUT2D eigenvalue weighted by Gasteiger charge is -2.07. The van der Waals surface area contributed by atoms with E-state index in [2.05, 4.69) is 22.4 Å². The van der Waals surface area contributed by atoms with Gasteiger partial charge in [0, 0.05) is 11.8 Å². The molecular weight excluding hydrogens is 344 g/mol. The Balaban J connectivity index is 1.43. The second-order valence-corrected chi connectivity index (χ2v) is 6.41. The lowest BCUT2D eigenvalue weighted by atomic mass is 10.1. The van der Waals surface area contributed by atoms with Gasteiger partial charge in [0.15, 0.2) is 5.13 Å². The van der Waals surface area contributed by atoms with Crippen LogP contribution in [-0.4, -0.2) is 17.5 Å². The van der Waals surface area contributed by atoms with Gasteiger partial charge in [-0.15, -0.1) is 22.9 Å². The molecule has 0 spiro atoms. The van der Waals surface area contributed by atoms with Gasteiger partial charge in [0.2, 0.25) is 5.91 Å². The third-order valence-electron chi connectivity index (χ3n) is 3.47. The maximum absolute atomic E-state index is 11.9. The monoisotopic (exact) mass is 360 g/mol.